The van der Waals surface area contributed by atoms with Crippen LogP contribution in [0.25, 0.3) is 0 Å². The summed E-state index contributed by atoms with van der Waals surface area (Å²) in [6.45, 7) is 2.55. The second-order valence-electron chi connectivity index (χ2n) is 4.08. The van der Waals surface area contributed by atoms with E-state index >= 15 is 0 Å². The Morgan fingerprint density at radius 1 is 1.29 bits per heavy atom. The Morgan fingerprint density at radius 2 is 2.14 bits per heavy atom. The van der Waals surface area contributed by atoms with E-state index in [9.17, 15) is 8.78 Å². The molecule has 0 spiro atoms. The molecule has 0 fully saturated rings. The first-order valence-electron chi connectivity index (χ1n) is 6.40. The van der Waals surface area contributed by atoms with Crippen molar-refractivity contribution in [2.24, 2.45) is 0 Å². The number of nitrogens with one attached hydrogen (secondary N) is 1. The number of hydrogen-bond donors (Lipinski definition) is 1. The maximum atomic E-state index is 13.5. The molecule has 1 aromatic carbocycles. The van der Waals surface area contributed by atoms with Gasteiger partial charge in [0.1, 0.15) is 19.2 Å². The van der Waals surface area contributed by atoms with Crippen LogP contribution in [0.15, 0.2) is 30.5 Å². The molecule has 1 heterocycles. The summed E-state index contributed by atoms with van der Waals surface area (Å²) in [6.07, 6.45) is 1.00. The Kier molecular flexibility index (Phi) is 5.39. The highest BCUT2D eigenvalue weighted by Gasteiger charge is 2.07. The normalized spacial score (nSPS) is 10.4. The lowest BCUT2D eigenvalue weighted by Gasteiger charge is -2.09. The molecule has 0 aliphatic rings. The molecule has 0 amide bonds. The van der Waals surface area contributed by atoms with Gasteiger partial charge in [0.2, 0.25) is 0 Å². The van der Waals surface area contributed by atoms with E-state index in [-0.39, 0.29) is 31.0 Å². The van der Waals surface area contributed by atoms with Crippen LogP contribution in [0.4, 0.5) is 14.6 Å². The van der Waals surface area contributed by atoms with Gasteiger partial charge in [0.25, 0.3) is 0 Å². The Labute approximate surface area is 120 Å². The molecular weight excluding hydrogens is 280 g/mol. The summed E-state index contributed by atoms with van der Waals surface area (Å²) in [5.41, 5.74) is 0.631. The molecule has 112 valence electrons. The van der Waals surface area contributed by atoms with E-state index in [1.165, 1.54) is 12.1 Å². The molecular formula is C14H15F2N3O2. The van der Waals surface area contributed by atoms with Crippen LogP contribution in [0.2, 0.25) is 0 Å². The fourth-order valence-corrected chi connectivity index (χ4v) is 1.54. The molecule has 0 bridgehead atoms. The number of hydrogen-bond acceptors (Lipinski definition) is 5. The summed E-state index contributed by atoms with van der Waals surface area (Å²) in [5, 5.41) is 2.67. The molecule has 0 atom stereocenters. The van der Waals surface area contributed by atoms with Gasteiger partial charge in [-0.25, -0.2) is 13.8 Å². The first-order valence-corrected chi connectivity index (χ1v) is 6.40. The largest absolute Gasteiger partial charge is 0.459 e. The lowest BCUT2D eigenvalue weighted by Crippen LogP contribution is -2.10. The predicted molar refractivity (Wildman–Crippen MR) is 72.8 cm³/mol. The van der Waals surface area contributed by atoms with E-state index in [4.69, 9.17) is 9.47 Å². The molecule has 0 aliphatic heterocycles. The molecule has 1 aromatic heterocycles. The summed E-state index contributed by atoms with van der Waals surface area (Å²) in [5.74, 6) is -0.962. The smallest absolute Gasteiger partial charge is 0.318 e. The number of aromatic nitrogens is 2. The number of ether oxygens (including phenoxy) is 2. The lowest BCUT2D eigenvalue weighted by molar-refractivity contribution is 0.166. The average molecular weight is 295 g/mol. The molecule has 5 nitrogen and oxygen atoms in total. The third kappa shape index (κ3) is 4.64. The molecule has 0 unspecified atom stereocenters. The number of halogens is 2. The monoisotopic (exact) mass is 295 g/mol. The van der Waals surface area contributed by atoms with E-state index in [0.717, 1.165) is 6.20 Å². The van der Waals surface area contributed by atoms with Crippen LogP contribution in [0.3, 0.4) is 0 Å². The molecule has 2 aromatic rings. The average Bonchev–Trinajstić information content (AvgIpc) is 2.48. The molecule has 1 N–H and O–H groups in total. The van der Waals surface area contributed by atoms with Crippen molar-refractivity contribution in [3.8, 4) is 6.01 Å². The topological polar surface area (TPSA) is 56.3 Å². The van der Waals surface area contributed by atoms with Crippen LogP contribution in [0.5, 0.6) is 6.01 Å². The lowest BCUT2D eigenvalue weighted by atomic mass is 10.2. The SMILES string of the molecule is CCOCNc1nc(OCc2cccc(F)c2)ncc1F. The predicted octanol–water partition coefficient (Wildman–Crippen LogP) is 2.74. The quantitative estimate of drug-likeness (QED) is 0.629. The number of benzene rings is 1. The van der Waals surface area contributed by atoms with Gasteiger partial charge < -0.3 is 14.8 Å². The summed E-state index contributed by atoms with van der Waals surface area (Å²) in [4.78, 5) is 7.61. The van der Waals surface area contributed by atoms with Crippen LogP contribution in [-0.2, 0) is 11.3 Å². The van der Waals surface area contributed by atoms with Gasteiger partial charge in [0.15, 0.2) is 11.6 Å². The van der Waals surface area contributed by atoms with Crippen LogP contribution in [0.1, 0.15) is 12.5 Å². The summed E-state index contributed by atoms with van der Waals surface area (Å²) in [6, 6.07) is 5.97. The third-order valence-electron chi connectivity index (χ3n) is 2.52. The summed E-state index contributed by atoms with van der Waals surface area (Å²) in [7, 11) is 0. The number of anilines is 1. The Balaban J connectivity index is 1.98. The van der Waals surface area contributed by atoms with Crippen molar-refractivity contribution in [1.29, 1.82) is 0 Å². The van der Waals surface area contributed by atoms with Gasteiger partial charge >= 0.3 is 6.01 Å². The first kappa shape index (κ1) is 15.1. The molecule has 2 rings (SSSR count). The van der Waals surface area contributed by atoms with Crippen molar-refractivity contribution >= 4 is 5.82 Å². The highest BCUT2D eigenvalue weighted by molar-refractivity contribution is 5.35. The standard InChI is InChI=1S/C14H15F2N3O2/c1-2-20-9-18-13-12(16)7-17-14(19-13)21-8-10-4-3-5-11(15)6-10/h3-7H,2,8-9H2,1H3,(H,17,18,19). The third-order valence-corrected chi connectivity index (χ3v) is 2.52. The van der Waals surface area contributed by atoms with Crippen molar-refractivity contribution in [2.75, 3.05) is 18.7 Å². The maximum Gasteiger partial charge on any atom is 0.318 e. The molecule has 0 radical (unpaired) electrons. The number of nitrogens with zero attached hydrogens (tertiary/aromatic N) is 2. The van der Waals surface area contributed by atoms with Crippen molar-refractivity contribution in [1.82, 2.24) is 9.97 Å². The highest BCUT2D eigenvalue weighted by atomic mass is 19.1. The van der Waals surface area contributed by atoms with Crippen LogP contribution >= 0.6 is 0 Å². The van der Waals surface area contributed by atoms with E-state index < -0.39 is 5.82 Å². The fraction of sp³-hybridized carbons (Fsp3) is 0.286. The highest BCUT2D eigenvalue weighted by Crippen LogP contribution is 2.14. The van der Waals surface area contributed by atoms with E-state index in [0.29, 0.717) is 12.2 Å². The van der Waals surface area contributed by atoms with Crippen LogP contribution < -0.4 is 10.1 Å². The van der Waals surface area contributed by atoms with E-state index in [1.54, 1.807) is 12.1 Å². The van der Waals surface area contributed by atoms with Crippen LogP contribution in [-0.4, -0.2) is 23.3 Å². The summed E-state index contributed by atoms with van der Waals surface area (Å²) >= 11 is 0. The summed E-state index contributed by atoms with van der Waals surface area (Å²) < 4.78 is 36.9. The Hall–Kier alpha value is -2.28. The minimum absolute atomic E-state index is 0.000315. The number of rotatable bonds is 7. The van der Waals surface area contributed by atoms with Gasteiger partial charge in [-0.15, -0.1) is 0 Å². The van der Waals surface area contributed by atoms with Crippen LogP contribution in [0, 0.1) is 11.6 Å². The molecule has 7 heteroatoms. The van der Waals surface area contributed by atoms with Crippen molar-refractivity contribution in [2.45, 2.75) is 13.5 Å². The van der Waals surface area contributed by atoms with Gasteiger partial charge in [0.05, 0.1) is 6.20 Å². The van der Waals surface area contributed by atoms with Crippen molar-refractivity contribution in [3.05, 3.63) is 47.7 Å². The van der Waals surface area contributed by atoms with Gasteiger partial charge in [0, 0.05) is 6.61 Å². The Morgan fingerprint density at radius 3 is 2.90 bits per heavy atom. The second-order valence-corrected chi connectivity index (χ2v) is 4.08. The van der Waals surface area contributed by atoms with Gasteiger partial charge in [-0.3, -0.25) is 0 Å². The van der Waals surface area contributed by atoms with Gasteiger partial charge in [-0.2, -0.15) is 4.98 Å². The van der Waals surface area contributed by atoms with Gasteiger partial charge in [-0.1, -0.05) is 12.1 Å². The second kappa shape index (κ2) is 7.49. The minimum atomic E-state index is -0.604. The molecule has 0 saturated heterocycles. The zero-order valence-corrected chi connectivity index (χ0v) is 11.5. The van der Waals surface area contributed by atoms with E-state index in [1.807, 2.05) is 6.92 Å². The fourth-order valence-electron chi connectivity index (χ4n) is 1.54. The van der Waals surface area contributed by atoms with Crippen molar-refractivity contribution in [3.63, 3.8) is 0 Å². The minimum Gasteiger partial charge on any atom is -0.459 e. The Bertz CT molecular complexity index is 596. The molecule has 0 saturated carbocycles. The first-order chi connectivity index (χ1) is 10.2. The van der Waals surface area contributed by atoms with E-state index in [2.05, 4.69) is 15.3 Å². The zero-order valence-electron chi connectivity index (χ0n) is 11.5. The van der Waals surface area contributed by atoms with Crippen molar-refractivity contribution < 1.29 is 18.3 Å². The maximum absolute atomic E-state index is 13.5. The zero-order chi connectivity index (χ0) is 15.1. The molecule has 21 heavy (non-hydrogen) atoms. The molecule has 0 aliphatic carbocycles. The van der Waals surface area contributed by atoms with Gasteiger partial charge in [-0.05, 0) is 24.6 Å².